The zero-order valence-corrected chi connectivity index (χ0v) is 6.54. The second kappa shape index (κ2) is 2.71. The zero-order valence-electron chi connectivity index (χ0n) is 6.54. The van der Waals surface area contributed by atoms with E-state index in [-0.39, 0.29) is 0 Å². The summed E-state index contributed by atoms with van der Waals surface area (Å²) in [6.45, 7) is 0.811. The molecule has 0 bridgehead atoms. The number of hydrogen-bond acceptors (Lipinski definition) is 2. The Morgan fingerprint density at radius 3 is 3.17 bits per heavy atom. The standard InChI is InChI=1S/C10H8N2/c11-7-9-4-1-3-8-5-2-6-12-10(8)9/h1-5,12H,6H2. The Labute approximate surface area is 71.1 Å². The van der Waals surface area contributed by atoms with Crippen molar-refractivity contribution in [3.8, 4) is 6.07 Å². The average Bonchev–Trinajstić information content (AvgIpc) is 2.17. The smallest absolute Gasteiger partial charge is 0.101 e. The number of nitrogens with zero attached hydrogens (tertiary/aromatic N) is 1. The molecule has 1 N–H and O–H groups in total. The lowest BCUT2D eigenvalue weighted by Crippen LogP contribution is -2.05. The molecule has 2 rings (SSSR count). The molecule has 0 amide bonds. The largest absolute Gasteiger partial charge is 0.380 e. The maximum atomic E-state index is 8.78. The minimum absolute atomic E-state index is 0.719. The molecule has 1 aromatic carbocycles. The summed E-state index contributed by atoms with van der Waals surface area (Å²) >= 11 is 0. The first-order chi connectivity index (χ1) is 5.92. The van der Waals surface area contributed by atoms with Crippen molar-refractivity contribution < 1.29 is 0 Å². The second-order valence-electron chi connectivity index (χ2n) is 2.66. The van der Waals surface area contributed by atoms with Gasteiger partial charge in [-0.25, -0.2) is 0 Å². The van der Waals surface area contributed by atoms with Gasteiger partial charge in [0.15, 0.2) is 0 Å². The van der Waals surface area contributed by atoms with E-state index in [0.29, 0.717) is 0 Å². The number of anilines is 1. The molecule has 0 aliphatic carbocycles. The van der Waals surface area contributed by atoms with Crippen molar-refractivity contribution in [1.29, 1.82) is 5.26 Å². The normalized spacial score (nSPS) is 12.9. The molecule has 1 aliphatic heterocycles. The van der Waals surface area contributed by atoms with Crippen molar-refractivity contribution in [2.24, 2.45) is 0 Å². The molecule has 0 fully saturated rings. The van der Waals surface area contributed by atoms with Gasteiger partial charge in [0, 0.05) is 6.54 Å². The van der Waals surface area contributed by atoms with Gasteiger partial charge in [-0.05, 0) is 11.6 Å². The molecule has 0 spiro atoms. The number of nitrogens with one attached hydrogen (secondary N) is 1. The first-order valence-electron chi connectivity index (χ1n) is 3.85. The Morgan fingerprint density at radius 1 is 1.42 bits per heavy atom. The summed E-state index contributed by atoms with van der Waals surface area (Å²) in [5.74, 6) is 0. The fourth-order valence-corrected chi connectivity index (χ4v) is 1.35. The van der Waals surface area contributed by atoms with E-state index < -0.39 is 0 Å². The van der Waals surface area contributed by atoms with Crippen LogP contribution in [-0.4, -0.2) is 6.54 Å². The molecule has 1 aromatic rings. The van der Waals surface area contributed by atoms with Crippen molar-refractivity contribution >= 4 is 11.8 Å². The highest BCUT2D eigenvalue weighted by Crippen LogP contribution is 2.23. The predicted molar refractivity (Wildman–Crippen MR) is 48.7 cm³/mol. The van der Waals surface area contributed by atoms with Crippen LogP contribution >= 0.6 is 0 Å². The van der Waals surface area contributed by atoms with Crippen molar-refractivity contribution in [3.05, 3.63) is 35.4 Å². The first-order valence-corrected chi connectivity index (χ1v) is 3.85. The van der Waals surface area contributed by atoms with Crippen LogP contribution in [0, 0.1) is 11.3 Å². The third-order valence-electron chi connectivity index (χ3n) is 1.91. The minimum atomic E-state index is 0.719. The molecule has 0 aromatic heterocycles. The third kappa shape index (κ3) is 0.960. The molecule has 1 aliphatic rings. The van der Waals surface area contributed by atoms with Gasteiger partial charge in [-0.1, -0.05) is 24.3 Å². The maximum absolute atomic E-state index is 8.78. The lowest BCUT2D eigenvalue weighted by molar-refractivity contribution is 1.30. The van der Waals surface area contributed by atoms with Gasteiger partial charge >= 0.3 is 0 Å². The molecule has 0 radical (unpaired) electrons. The van der Waals surface area contributed by atoms with Crippen LogP contribution in [0.2, 0.25) is 0 Å². The summed E-state index contributed by atoms with van der Waals surface area (Å²) in [5, 5.41) is 12.0. The summed E-state index contributed by atoms with van der Waals surface area (Å²) in [7, 11) is 0. The van der Waals surface area contributed by atoms with Crippen LogP contribution in [0.5, 0.6) is 0 Å². The number of para-hydroxylation sites is 1. The molecular weight excluding hydrogens is 148 g/mol. The summed E-state index contributed by atoms with van der Waals surface area (Å²) < 4.78 is 0. The SMILES string of the molecule is N#Cc1cccc2c1NCC=C2. The number of rotatable bonds is 0. The number of nitriles is 1. The average molecular weight is 156 g/mol. The van der Waals surface area contributed by atoms with Crippen LogP contribution in [0.1, 0.15) is 11.1 Å². The minimum Gasteiger partial charge on any atom is -0.380 e. The summed E-state index contributed by atoms with van der Waals surface area (Å²) in [4.78, 5) is 0. The van der Waals surface area contributed by atoms with Crippen LogP contribution < -0.4 is 5.32 Å². The van der Waals surface area contributed by atoms with Crippen LogP contribution in [-0.2, 0) is 0 Å². The van der Waals surface area contributed by atoms with Crippen LogP contribution in [0.25, 0.3) is 6.08 Å². The van der Waals surface area contributed by atoms with E-state index in [1.165, 1.54) is 0 Å². The van der Waals surface area contributed by atoms with Crippen LogP contribution in [0.4, 0.5) is 5.69 Å². The first kappa shape index (κ1) is 6.93. The van der Waals surface area contributed by atoms with E-state index in [1.54, 1.807) is 0 Å². The summed E-state index contributed by atoms with van der Waals surface area (Å²) in [6.07, 6.45) is 4.08. The fraction of sp³-hybridized carbons (Fsp3) is 0.100. The molecule has 58 valence electrons. The Kier molecular flexibility index (Phi) is 1.56. The highest BCUT2D eigenvalue weighted by Gasteiger charge is 2.06. The molecule has 2 heteroatoms. The van der Waals surface area contributed by atoms with E-state index >= 15 is 0 Å². The second-order valence-corrected chi connectivity index (χ2v) is 2.66. The maximum Gasteiger partial charge on any atom is 0.101 e. The van der Waals surface area contributed by atoms with Crippen molar-refractivity contribution in [2.45, 2.75) is 0 Å². The van der Waals surface area contributed by atoms with Gasteiger partial charge in [0.05, 0.1) is 11.3 Å². The van der Waals surface area contributed by atoms with Gasteiger partial charge in [0.25, 0.3) is 0 Å². The molecular formula is C10H8N2. The van der Waals surface area contributed by atoms with E-state index in [0.717, 1.165) is 23.4 Å². The molecule has 2 nitrogen and oxygen atoms in total. The third-order valence-corrected chi connectivity index (χ3v) is 1.91. The van der Waals surface area contributed by atoms with E-state index in [1.807, 2.05) is 30.4 Å². The molecule has 0 unspecified atom stereocenters. The van der Waals surface area contributed by atoms with Gasteiger partial charge in [-0.15, -0.1) is 0 Å². The van der Waals surface area contributed by atoms with Gasteiger partial charge in [-0.3, -0.25) is 0 Å². The van der Waals surface area contributed by atoms with Gasteiger partial charge in [0.2, 0.25) is 0 Å². The van der Waals surface area contributed by atoms with Gasteiger partial charge in [0.1, 0.15) is 6.07 Å². The Balaban J connectivity index is 2.63. The quantitative estimate of drug-likeness (QED) is 0.623. The summed E-state index contributed by atoms with van der Waals surface area (Å²) in [6, 6.07) is 7.88. The van der Waals surface area contributed by atoms with Gasteiger partial charge < -0.3 is 5.32 Å². The topological polar surface area (TPSA) is 35.8 Å². The molecule has 1 heterocycles. The number of benzene rings is 1. The van der Waals surface area contributed by atoms with E-state index in [2.05, 4.69) is 11.4 Å². The van der Waals surface area contributed by atoms with Crippen LogP contribution in [0.15, 0.2) is 24.3 Å². The van der Waals surface area contributed by atoms with Crippen molar-refractivity contribution in [1.82, 2.24) is 0 Å². The Hall–Kier alpha value is -1.75. The van der Waals surface area contributed by atoms with Crippen molar-refractivity contribution in [3.63, 3.8) is 0 Å². The highest BCUT2D eigenvalue weighted by atomic mass is 14.9. The highest BCUT2D eigenvalue weighted by molar-refractivity contribution is 5.75. The van der Waals surface area contributed by atoms with Crippen molar-refractivity contribution in [2.75, 3.05) is 11.9 Å². The Morgan fingerprint density at radius 2 is 2.33 bits per heavy atom. The molecule has 0 saturated carbocycles. The number of fused-ring (bicyclic) bond motifs is 1. The lowest BCUT2D eigenvalue weighted by Gasteiger charge is -2.13. The summed E-state index contributed by atoms with van der Waals surface area (Å²) in [5.41, 5.74) is 2.78. The van der Waals surface area contributed by atoms with E-state index in [4.69, 9.17) is 5.26 Å². The van der Waals surface area contributed by atoms with Gasteiger partial charge in [-0.2, -0.15) is 5.26 Å². The molecule has 0 saturated heterocycles. The monoisotopic (exact) mass is 156 g/mol. The van der Waals surface area contributed by atoms with E-state index in [9.17, 15) is 0 Å². The number of hydrogen-bond donors (Lipinski definition) is 1. The zero-order chi connectivity index (χ0) is 8.39. The Bertz CT molecular complexity index is 372. The predicted octanol–water partition coefficient (Wildman–Crippen LogP) is 2.00. The fourth-order valence-electron chi connectivity index (χ4n) is 1.35. The molecule has 12 heavy (non-hydrogen) atoms. The van der Waals surface area contributed by atoms with Crippen LogP contribution in [0.3, 0.4) is 0 Å². The molecule has 0 atom stereocenters. The lowest BCUT2D eigenvalue weighted by atomic mass is 10.1.